The molecule has 2 aliphatic heterocycles. The van der Waals surface area contributed by atoms with Crippen molar-refractivity contribution in [1.82, 2.24) is 19.5 Å². The summed E-state index contributed by atoms with van der Waals surface area (Å²) in [6.07, 6.45) is 2.94. The first kappa shape index (κ1) is 16.9. The van der Waals surface area contributed by atoms with Crippen LogP contribution in [0.15, 0.2) is 17.3 Å². The van der Waals surface area contributed by atoms with Crippen molar-refractivity contribution in [3.8, 4) is 0 Å². The van der Waals surface area contributed by atoms with Crippen molar-refractivity contribution in [1.29, 1.82) is 0 Å². The topological polar surface area (TPSA) is 68.8 Å². The molecule has 3 heterocycles. The Bertz CT molecular complexity index is 655. The van der Waals surface area contributed by atoms with Gasteiger partial charge in [-0.2, -0.15) is 4.31 Å². The summed E-state index contributed by atoms with van der Waals surface area (Å²) in [5, 5.41) is 3.66. The van der Waals surface area contributed by atoms with E-state index in [1.54, 1.807) is 0 Å². The maximum Gasteiger partial charge on any atom is 0.246 e. The van der Waals surface area contributed by atoms with Gasteiger partial charge in [-0.15, -0.1) is 0 Å². The normalized spacial score (nSPS) is 21.6. The molecule has 0 amide bonds. The number of hydrogen-bond acceptors (Lipinski definition) is 6. The summed E-state index contributed by atoms with van der Waals surface area (Å²) in [4.78, 5) is 8.40. The highest BCUT2D eigenvalue weighted by Crippen LogP contribution is 2.34. The van der Waals surface area contributed by atoms with Crippen LogP contribution in [0.25, 0.3) is 0 Å². The zero-order chi connectivity index (χ0) is 16.4. The highest BCUT2D eigenvalue weighted by molar-refractivity contribution is 7.89. The number of sulfonamides is 1. The van der Waals surface area contributed by atoms with E-state index in [2.05, 4.69) is 15.2 Å². The third kappa shape index (κ3) is 3.46. The molecule has 128 valence electrons. The van der Waals surface area contributed by atoms with Gasteiger partial charge in [0.1, 0.15) is 4.90 Å². The number of pyridine rings is 1. The molecule has 0 aliphatic carbocycles. The molecule has 0 spiro atoms. The van der Waals surface area contributed by atoms with Gasteiger partial charge < -0.3 is 15.1 Å². The molecule has 7 nitrogen and oxygen atoms in total. The van der Waals surface area contributed by atoms with Crippen molar-refractivity contribution in [2.75, 3.05) is 64.3 Å². The number of nitrogens with zero attached hydrogens (tertiary/aromatic N) is 4. The first-order chi connectivity index (χ1) is 11.0. The van der Waals surface area contributed by atoms with Crippen LogP contribution in [0.5, 0.6) is 0 Å². The number of halogens is 1. The predicted octanol–water partition coefficient (Wildman–Crippen LogP) is 0.0807. The molecule has 2 aliphatic rings. The van der Waals surface area contributed by atoms with Crippen molar-refractivity contribution in [3.63, 3.8) is 0 Å². The summed E-state index contributed by atoms with van der Waals surface area (Å²) in [5.74, 6) is 0. The van der Waals surface area contributed by atoms with E-state index in [-0.39, 0.29) is 4.90 Å². The zero-order valence-electron chi connectivity index (χ0n) is 13.2. The van der Waals surface area contributed by atoms with Gasteiger partial charge >= 0.3 is 0 Å². The Morgan fingerprint density at radius 3 is 2.39 bits per heavy atom. The van der Waals surface area contributed by atoms with Crippen LogP contribution >= 0.6 is 11.6 Å². The quantitative estimate of drug-likeness (QED) is 0.824. The zero-order valence-corrected chi connectivity index (χ0v) is 14.8. The summed E-state index contributed by atoms with van der Waals surface area (Å²) in [7, 11) is -1.59. The van der Waals surface area contributed by atoms with Crippen LogP contribution in [0.1, 0.15) is 0 Å². The van der Waals surface area contributed by atoms with Gasteiger partial charge in [-0.05, 0) is 7.05 Å². The largest absolute Gasteiger partial charge is 0.367 e. The molecule has 0 bridgehead atoms. The average Bonchev–Trinajstić information content (AvgIpc) is 2.56. The molecule has 0 unspecified atom stereocenters. The van der Waals surface area contributed by atoms with E-state index in [1.165, 1.54) is 16.7 Å². The first-order valence-electron chi connectivity index (χ1n) is 7.78. The van der Waals surface area contributed by atoms with E-state index >= 15 is 0 Å². The SMILES string of the molecule is CN1CCN(S(=O)(=O)c2cncc(Cl)c2N2CCNCC2)CC1. The summed E-state index contributed by atoms with van der Waals surface area (Å²) in [6, 6.07) is 0. The molecule has 0 radical (unpaired) electrons. The maximum absolute atomic E-state index is 13.1. The van der Waals surface area contributed by atoms with E-state index in [4.69, 9.17) is 11.6 Å². The monoisotopic (exact) mass is 359 g/mol. The Kier molecular flexibility index (Phi) is 5.07. The fraction of sp³-hybridized carbons (Fsp3) is 0.643. The van der Waals surface area contributed by atoms with Gasteiger partial charge in [-0.25, -0.2) is 8.42 Å². The van der Waals surface area contributed by atoms with Crippen LogP contribution < -0.4 is 10.2 Å². The first-order valence-corrected chi connectivity index (χ1v) is 9.60. The number of anilines is 1. The molecule has 2 saturated heterocycles. The van der Waals surface area contributed by atoms with Crippen molar-refractivity contribution < 1.29 is 8.42 Å². The third-order valence-electron chi connectivity index (χ3n) is 4.35. The van der Waals surface area contributed by atoms with E-state index in [0.29, 0.717) is 23.8 Å². The van der Waals surface area contributed by atoms with Gasteiger partial charge in [0.15, 0.2) is 0 Å². The summed E-state index contributed by atoms with van der Waals surface area (Å²) in [5.41, 5.74) is 0.585. The summed E-state index contributed by atoms with van der Waals surface area (Å²) >= 11 is 6.32. The smallest absolute Gasteiger partial charge is 0.246 e. The Labute approximate surface area is 142 Å². The molecule has 1 N–H and O–H groups in total. The van der Waals surface area contributed by atoms with Crippen molar-refractivity contribution in [2.45, 2.75) is 4.90 Å². The van der Waals surface area contributed by atoms with Gasteiger partial charge in [0.2, 0.25) is 10.0 Å². The van der Waals surface area contributed by atoms with Gasteiger partial charge in [-0.3, -0.25) is 4.98 Å². The van der Waals surface area contributed by atoms with Crippen LogP contribution in [0, 0.1) is 0 Å². The lowest BCUT2D eigenvalue weighted by molar-refractivity contribution is 0.222. The van der Waals surface area contributed by atoms with Crippen LogP contribution in [-0.2, 0) is 10.0 Å². The Morgan fingerprint density at radius 1 is 1.09 bits per heavy atom. The van der Waals surface area contributed by atoms with Gasteiger partial charge in [0.25, 0.3) is 0 Å². The molecule has 0 saturated carbocycles. The van der Waals surface area contributed by atoms with Crippen LogP contribution in [0.3, 0.4) is 0 Å². The molecule has 23 heavy (non-hydrogen) atoms. The number of likely N-dealkylation sites (N-methyl/N-ethyl adjacent to an activating group) is 1. The molecule has 9 heteroatoms. The molecule has 1 aromatic heterocycles. The molecule has 2 fully saturated rings. The molecule has 3 rings (SSSR count). The number of piperazine rings is 2. The fourth-order valence-corrected chi connectivity index (χ4v) is 4.90. The highest BCUT2D eigenvalue weighted by Gasteiger charge is 2.32. The van der Waals surface area contributed by atoms with Crippen LogP contribution in [0.2, 0.25) is 5.02 Å². The maximum atomic E-state index is 13.1. The minimum Gasteiger partial charge on any atom is -0.367 e. The van der Waals surface area contributed by atoms with Crippen molar-refractivity contribution in [2.24, 2.45) is 0 Å². The van der Waals surface area contributed by atoms with Crippen molar-refractivity contribution in [3.05, 3.63) is 17.4 Å². The standard InChI is InChI=1S/C14H22ClN5O2S/c1-18-6-8-20(9-7-18)23(21,22)13-11-17-10-12(15)14(13)19-4-2-16-3-5-19/h10-11,16H,2-9H2,1H3. The second-order valence-electron chi connectivity index (χ2n) is 5.91. The van der Waals surface area contributed by atoms with Crippen LogP contribution in [-0.4, -0.2) is 82.0 Å². The average molecular weight is 360 g/mol. The third-order valence-corrected chi connectivity index (χ3v) is 6.53. The van der Waals surface area contributed by atoms with E-state index in [9.17, 15) is 8.42 Å². The highest BCUT2D eigenvalue weighted by atomic mass is 35.5. The summed E-state index contributed by atoms with van der Waals surface area (Å²) < 4.78 is 27.7. The molecular weight excluding hydrogens is 338 g/mol. The number of hydrogen-bond donors (Lipinski definition) is 1. The van der Waals surface area contributed by atoms with Gasteiger partial charge in [0.05, 0.1) is 10.7 Å². The van der Waals surface area contributed by atoms with E-state index in [0.717, 1.165) is 39.3 Å². The molecule has 1 aromatic rings. The molecule has 0 atom stereocenters. The summed E-state index contributed by atoms with van der Waals surface area (Å²) in [6.45, 7) is 5.54. The fourth-order valence-electron chi connectivity index (χ4n) is 2.96. The Hall–Kier alpha value is -0.930. The predicted molar refractivity (Wildman–Crippen MR) is 90.6 cm³/mol. The van der Waals surface area contributed by atoms with E-state index < -0.39 is 10.0 Å². The lowest BCUT2D eigenvalue weighted by Crippen LogP contribution is -2.48. The second kappa shape index (κ2) is 6.90. The van der Waals surface area contributed by atoms with Crippen LogP contribution in [0.4, 0.5) is 5.69 Å². The number of nitrogens with one attached hydrogen (secondary N) is 1. The molecule has 0 aromatic carbocycles. The minimum atomic E-state index is -3.59. The van der Waals surface area contributed by atoms with Gasteiger partial charge in [0, 0.05) is 64.8 Å². The van der Waals surface area contributed by atoms with Crippen molar-refractivity contribution >= 4 is 27.3 Å². The lowest BCUT2D eigenvalue weighted by atomic mass is 10.3. The van der Waals surface area contributed by atoms with E-state index in [1.807, 2.05) is 11.9 Å². The van der Waals surface area contributed by atoms with Gasteiger partial charge in [-0.1, -0.05) is 11.6 Å². The Balaban J connectivity index is 1.96. The second-order valence-corrected chi connectivity index (χ2v) is 8.23. The minimum absolute atomic E-state index is 0.219. The number of rotatable bonds is 3. The number of aromatic nitrogens is 1. The Morgan fingerprint density at radius 2 is 1.74 bits per heavy atom. The molecular formula is C14H22ClN5O2S. The lowest BCUT2D eigenvalue weighted by Gasteiger charge is -2.34.